The first-order valence-electron chi connectivity index (χ1n) is 7.08. The predicted molar refractivity (Wildman–Crippen MR) is 81.7 cm³/mol. The van der Waals surface area contributed by atoms with Crippen LogP contribution in [0.25, 0.3) is 0 Å². The van der Waals surface area contributed by atoms with Crippen LogP contribution in [0.15, 0.2) is 24.3 Å². The summed E-state index contributed by atoms with van der Waals surface area (Å²) < 4.78 is 1.83. The maximum Gasteiger partial charge on any atom is 0.155 e. The zero-order valence-corrected chi connectivity index (χ0v) is 12.8. The molecule has 0 spiro atoms. The van der Waals surface area contributed by atoms with Crippen LogP contribution in [0, 0.1) is 0 Å². The zero-order valence-electron chi connectivity index (χ0n) is 12.8. The molecule has 20 heavy (non-hydrogen) atoms. The molecule has 2 rings (SSSR count). The summed E-state index contributed by atoms with van der Waals surface area (Å²) in [6.07, 6.45) is 1.54. The molecule has 1 heterocycles. The average molecular weight is 272 g/mol. The van der Waals surface area contributed by atoms with Crippen LogP contribution >= 0.6 is 0 Å². The summed E-state index contributed by atoms with van der Waals surface area (Å²) in [6, 6.07) is 8.72. The van der Waals surface area contributed by atoms with E-state index in [4.69, 9.17) is 5.73 Å². The van der Waals surface area contributed by atoms with Crippen molar-refractivity contribution in [1.29, 1.82) is 0 Å². The van der Waals surface area contributed by atoms with Crippen LogP contribution in [0.3, 0.4) is 0 Å². The van der Waals surface area contributed by atoms with Crippen LogP contribution in [0.1, 0.15) is 43.5 Å². The monoisotopic (exact) mass is 272 g/mol. The van der Waals surface area contributed by atoms with Crippen LogP contribution in [0.2, 0.25) is 0 Å². The molecule has 0 radical (unpaired) electrons. The van der Waals surface area contributed by atoms with E-state index in [1.54, 1.807) is 0 Å². The second-order valence-electron chi connectivity index (χ2n) is 6.23. The number of nitrogens with zero attached hydrogens (tertiary/aromatic N) is 3. The lowest BCUT2D eigenvalue weighted by molar-refractivity contribution is 0.590. The van der Waals surface area contributed by atoms with Crippen molar-refractivity contribution >= 4 is 0 Å². The Bertz CT molecular complexity index is 561. The third-order valence-electron chi connectivity index (χ3n) is 3.45. The number of rotatable bonds is 4. The number of hydrogen-bond donors (Lipinski definition) is 1. The lowest BCUT2D eigenvalue weighted by atomic mass is 9.86. The minimum absolute atomic E-state index is 0.191. The Balaban J connectivity index is 2.12. The molecule has 1 aromatic carbocycles. The van der Waals surface area contributed by atoms with E-state index >= 15 is 0 Å². The third kappa shape index (κ3) is 3.45. The summed E-state index contributed by atoms with van der Waals surface area (Å²) in [5.41, 5.74) is 8.34. The van der Waals surface area contributed by atoms with E-state index in [0.717, 1.165) is 24.5 Å². The summed E-state index contributed by atoms with van der Waals surface area (Å²) in [4.78, 5) is 4.54. The highest BCUT2D eigenvalue weighted by atomic mass is 15.3. The van der Waals surface area contributed by atoms with Crippen LogP contribution in [-0.4, -0.2) is 21.3 Å². The molecule has 2 aromatic rings. The predicted octanol–water partition coefficient (Wildman–Crippen LogP) is 2.20. The Hall–Kier alpha value is -1.68. The van der Waals surface area contributed by atoms with E-state index in [1.807, 2.05) is 11.7 Å². The standard InChI is InChI=1S/C16H24N4/c1-16(2,3)13-7-5-12(6-8-13)11-14-18-15(9-10-17)20(4)19-14/h5-8H,9-11,17H2,1-4H3. The summed E-state index contributed by atoms with van der Waals surface area (Å²) in [6.45, 7) is 7.27. The Kier molecular flexibility index (Phi) is 4.23. The fraction of sp³-hybridized carbons (Fsp3) is 0.500. The highest BCUT2D eigenvalue weighted by Gasteiger charge is 2.13. The molecular formula is C16H24N4. The summed E-state index contributed by atoms with van der Waals surface area (Å²) in [5.74, 6) is 1.81. The van der Waals surface area contributed by atoms with Crippen molar-refractivity contribution in [2.24, 2.45) is 12.8 Å². The lowest BCUT2D eigenvalue weighted by Crippen LogP contribution is -2.10. The molecule has 0 aliphatic rings. The number of aromatic nitrogens is 3. The van der Waals surface area contributed by atoms with Crippen molar-refractivity contribution in [2.45, 2.75) is 39.0 Å². The minimum atomic E-state index is 0.191. The Morgan fingerprint density at radius 1 is 1.15 bits per heavy atom. The van der Waals surface area contributed by atoms with Gasteiger partial charge >= 0.3 is 0 Å². The van der Waals surface area contributed by atoms with E-state index in [0.29, 0.717) is 6.54 Å². The smallest absolute Gasteiger partial charge is 0.155 e. The molecule has 0 bridgehead atoms. The number of benzene rings is 1. The summed E-state index contributed by atoms with van der Waals surface area (Å²) >= 11 is 0. The molecule has 0 fully saturated rings. The van der Waals surface area contributed by atoms with E-state index < -0.39 is 0 Å². The van der Waals surface area contributed by atoms with Crippen LogP contribution in [-0.2, 0) is 25.3 Å². The fourth-order valence-electron chi connectivity index (χ4n) is 2.20. The minimum Gasteiger partial charge on any atom is -0.330 e. The molecule has 0 saturated carbocycles. The molecule has 4 nitrogen and oxygen atoms in total. The average Bonchev–Trinajstić information content (AvgIpc) is 2.70. The Morgan fingerprint density at radius 2 is 1.80 bits per heavy atom. The van der Waals surface area contributed by atoms with Crippen LogP contribution in [0.5, 0.6) is 0 Å². The highest BCUT2D eigenvalue weighted by Crippen LogP contribution is 2.22. The van der Waals surface area contributed by atoms with Gasteiger partial charge in [-0.05, 0) is 23.1 Å². The first-order valence-corrected chi connectivity index (χ1v) is 7.08. The maximum absolute atomic E-state index is 5.57. The summed E-state index contributed by atoms with van der Waals surface area (Å²) in [5, 5.41) is 4.45. The molecule has 0 amide bonds. The van der Waals surface area contributed by atoms with E-state index in [2.05, 4.69) is 55.1 Å². The zero-order chi connectivity index (χ0) is 14.8. The summed E-state index contributed by atoms with van der Waals surface area (Å²) in [7, 11) is 1.92. The van der Waals surface area contributed by atoms with Gasteiger partial charge in [-0.25, -0.2) is 4.98 Å². The van der Waals surface area contributed by atoms with Gasteiger partial charge in [0.25, 0.3) is 0 Å². The molecule has 4 heteroatoms. The molecule has 0 aliphatic carbocycles. The topological polar surface area (TPSA) is 56.7 Å². The van der Waals surface area contributed by atoms with Crippen LogP contribution in [0.4, 0.5) is 0 Å². The van der Waals surface area contributed by atoms with Gasteiger partial charge in [0.15, 0.2) is 5.82 Å². The van der Waals surface area contributed by atoms with Gasteiger partial charge in [0.05, 0.1) is 0 Å². The van der Waals surface area contributed by atoms with Gasteiger partial charge in [-0.3, -0.25) is 4.68 Å². The second-order valence-corrected chi connectivity index (χ2v) is 6.23. The highest BCUT2D eigenvalue weighted by molar-refractivity contribution is 5.29. The third-order valence-corrected chi connectivity index (χ3v) is 3.45. The molecular weight excluding hydrogens is 248 g/mol. The first kappa shape index (κ1) is 14.7. The molecule has 0 atom stereocenters. The number of aryl methyl sites for hydroxylation is 1. The number of nitrogens with two attached hydrogens (primary N) is 1. The van der Waals surface area contributed by atoms with Crippen molar-refractivity contribution < 1.29 is 0 Å². The van der Waals surface area contributed by atoms with Crippen molar-refractivity contribution in [3.8, 4) is 0 Å². The fourth-order valence-corrected chi connectivity index (χ4v) is 2.20. The quantitative estimate of drug-likeness (QED) is 0.928. The Morgan fingerprint density at radius 3 is 2.35 bits per heavy atom. The lowest BCUT2D eigenvalue weighted by Gasteiger charge is -2.18. The van der Waals surface area contributed by atoms with Crippen molar-refractivity contribution in [1.82, 2.24) is 14.8 Å². The van der Waals surface area contributed by atoms with Gasteiger partial charge in [-0.1, -0.05) is 45.0 Å². The van der Waals surface area contributed by atoms with Crippen LogP contribution < -0.4 is 5.73 Å². The van der Waals surface area contributed by atoms with E-state index in [1.165, 1.54) is 11.1 Å². The van der Waals surface area contributed by atoms with E-state index in [9.17, 15) is 0 Å². The van der Waals surface area contributed by atoms with Gasteiger partial charge in [-0.2, -0.15) is 5.10 Å². The first-order chi connectivity index (χ1) is 9.40. The molecule has 0 saturated heterocycles. The molecule has 0 aliphatic heterocycles. The molecule has 0 unspecified atom stereocenters. The van der Waals surface area contributed by atoms with Gasteiger partial charge in [0.1, 0.15) is 5.82 Å². The van der Waals surface area contributed by atoms with Gasteiger partial charge in [-0.15, -0.1) is 0 Å². The maximum atomic E-state index is 5.57. The molecule has 2 N–H and O–H groups in total. The molecule has 1 aromatic heterocycles. The second kappa shape index (κ2) is 5.75. The van der Waals surface area contributed by atoms with Gasteiger partial charge < -0.3 is 5.73 Å². The normalized spacial score (nSPS) is 11.8. The van der Waals surface area contributed by atoms with Crippen molar-refractivity contribution in [3.63, 3.8) is 0 Å². The van der Waals surface area contributed by atoms with Crippen molar-refractivity contribution in [3.05, 3.63) is 47.0 Å². The number of hydrogen-bond acceptors (Lipinski definition) is 3. The van der Waals surface area contributed by atoms with E-state index in [-0.39, 0.29) is 5.41 Å². The molecule has 108 valence electrons. The largest absolute Gasteiger partial charge is 0.330 e. The van der Waals surface area contributed by atoms with Gasteiger partial charge in [0.2, 0.25) is 0 Å². The SMILES string of the molecule is Cn1nc(Cc2ccc(C(C)(C)C)cc2)nc1CCN. The van der Waals surface area contributed by atoms with Crippen molar-refractivity contribution in [2.75, 3.05) is 6.54 Å². The Labute approximate surface area is 121 Å². The van der Waals surface area contributed by atoms with Gasteiger partial charge in [0, 0.05) is 19.9 Å².